The highest BCUT2D eigenvalue weighted by Crippen LogP contribution is 2.52. The lowest BCUT2D eigenvalue weighted by molar-refractivity contribution is -0.130. The van der Waals surface area contributed by atoms with Crippen LogP contribution in [0.3, 0.4) is 0 Å². The number of fused-ring (bicyclic) bond motifs is 1. The molecule has 2 unspecified atom stereocenters. The van der Waals surface area contributed by atoms with Crippen LogP contribution in [-0.2, 0) is 10.4 Å². The number of benzene rings is 1. The van der Waals surface area contributed by atoms with Crippen LogP contribution in [0, 0.1) is 29.0 Å². The molecule has 0 radical (unpaired) electrons. The van der Waals surface area contributed by atoms with Gasteiger partial charge >= 0.3 is 0 Å². The average Bonchev–Trinajstić information content (AvgIpc) is 3.33. The zero-order chi connectivity index (χ0) is 19.0. The molecule has 4 rings (SSSR count). The fraction of sp³-hybridized carbons (Fsp3) is 0.619. The van der Waals surface area contributed by atoms with E-state index < -0.39 is 5.60 Å². The number of aliphatic hydroxyl groups is 1. The molecular weight excluding hydrogens is 345 g/mol. The van der Waals surface area contributed by atoms with Crippen LogP contribution in [0.15, 0.2) is 24.3 Å². The van der Waals surface area contributed by atoms with E-state index in [1.807, 2.05) is 0 Å². The van der Waals surface area contributed by atoms with Crippen LogP contribution in [0.4, 0.5) is 4.39 Å². The zero-order valence-electron chi connectivity index (χ0n) is 15.4. The summed E-state index contributed by atoms with van der Waals surface area (Å²) >= 11 is 0. The number of nitrogens with one attached hydrogen (secondary N) is 1. The van der Waals surface area contributed by atoms with Gasteiger partial charge in [-0.1, -0.05) is 12.1 Å². The van der Waals surface area contributed by atoms with E-state index >= 15 is 0 Å². The third-order valence-electron chi connectivity index (χ3n) is 6.69. The van der Waals surface area contributed by atoms with Gasteiger partial charge in [0.1, 0.15) is 11.9 Å². The van der Waals surface area contributed by atoms with Crippen molar-refractivity contribution in [3.8, 4) is 6.07 Å². The van der Waals surface area contributed by atoms with E-state index in [9.17, 15) is 14.3 Å². The van der Waals surface area contributed by atoms with Crippen LogP contribution >= 0.6 is 0 Å². The molecule has 3 aliphatic rings. The normalized spacial score (nSPS) is 35.2. The van der Waals surface area contributed by atoms with E-state index in [0.29, 0.717) is 31.2 Å². The minimum absolute atomic E-state index is 0.0129. The van der Waals surface area contributed by atoms with E-state index in [1.54, 1.807) is 17.0 Å². The molecule has 0 aromatic heterocycles. The molecular formula is C21H26FN3O2. The molecule has 3 fully saturated rings. The predicted octanol–water partition coefficient (Wildman–Crippen LogP) is 2.31. The SMILES string of the molecule is N#C[C@@H]1CCCN1C(=O)CNC1C[C@@H]2CC(O)(c3ccc(F)cc3)C[C@@H]2C1. The van der Waals surface area contributed by atoms with E-state index in [1.165, 1.54) is 12.1 Å². The minimum atomic E-state index is -0.862. The number of hydrogen-bond acceptors (Lipinski definition) is 4. The second-order valence-corrected chi connectivity index (χ2v) is 8.39. The number of halogens is 1. The first-order valence-corrected chi connectivity index (χ1v) is 9.89. The van der Waals surface area contributed by atoms with Gasteiger partial charge in [-0.25, -0.2) is 4.39 Å². The molecule has 1 aromatic rings. The molecule has 27 heavy (non-hydrogen) atoms. The lowest BCUT2D eigenvalue weighted by Crippen LogP contribution is -2.43. The Morgan fingerprint density at radius 2 is 1.96 bits per heavy atom. The number of hydrogen-bond donors (Lipinski definition) is 2. The fourth-order valence-electron chi connectivity index (χ4n) is 5.36. The highest BCUT2D eigenvalue weighted by molar-refractivity contribution is 5.79. The predicted molar refractivity (Wildman–Crippen MR) is 97.9 cm³/mol. The summed E-state index contributed by atoms with van der Waals surface area (Å²) in [6.07, 6.45) is 4.96. The van der Waals surface area contributed by atoms with Crippen molar-refractivity contribution in [1.82, 2.24) is 10.2 Å². The van der Waals surface area contributed by atoms with Crippen LogP contribution in [0.2, 0.25) is 0 Å². The van der Waals surface area contributed by atoms with Gasteiger partial charge in [0.25, 0.3) is 0 Å². The van der Waals surface area contributed by atoms with E-state index in [0.717, 1.165) is 31.2 Å². The van der Waals surface area contributed by atoms with Gasteiger partial charge in [-0.2, -0.15) is 5.26 Å². The Morgan fingerprint density at radius 3 is 2.59 bits per heavy atom. The van der Waals surface area contributed by atoms with Crippen molar-refractivity contribution in [3.63, 3.8) is 0 Å². The van der Waals surface area contributed by atoms with E-state index in [2.05, 4.69) is 11.4 Å². The minimum Gasteiger partial charge on any atom is -0.385 e. The molecule has 2 saturated carbocycles. The Labute approximate surface area is 159 Å². The first-order chi connectivity index (χ1) is 13.0. The molecule has 144 valence electrons. The largest absolute Gasteiger partial charge is 0.385 e. The van der Waals surface area contributed by atoms with Crippen molar-refractivity contribution in [2.24, 2.45) is 11.8 Å². The third kappa shape index (κ3) is 3.59. The van der Waals surface area contributed by atoms with Crippen molar-refractivity contribution < 1.29 is 14.3 Å². The van der Waals surface area contributed by atoms with Gasteiger partial charge in [-0.3, -0.25) is 4.79 Å². The maximum absolute atomic E-state index is 13.2. The molecule has 0 spiro atoms. The molecule has 5 nitrogen and oxygen atoms in total. The van der Waals surface area contributed by atoms with Gasteiger partial charge in [0.2, 0.25) is 5.91 Å². The van der Waals surface area contributed by atoms with Crippen molar-refractivity contribution in [1.29, 1.82) is 5.26 Å². The van der Waals surface area contributed by atoms with Crippen LogP contribution in [0.25, 0.3) is 0 Å². The maximum Gasteiger partial charge on any atom is 0.237 e. The summed E-state index contributed by atoms with van der Waals surface area (Å²) in [5.74, 6) is 0.572. The molecule has 5 atom stereocenters. The van der Waals surface area contributed by atoms with Gasteiger partial charge in [0.05, 0.1) is 18.2 Å². The summed E-state index contributed by atoms with van der Waals surface area (Å²) < 4.78 is 13.2. The first-order valence-electron chi connectivity index (χ1n) is 9.89. The molecule has 1 aromatic carbocycles. The second-order valence-electron chi connectivity index (χ2n) is 8.39. The van der Waals surface area contributed by atoms with E-state index in [-0.39, 0.29) is 30.4 Å². The van der Waals surface area contributed by atoms with Crippen molar-refractivity contribution in [2.45, 2.75) is 56.2 Å². The van der Waals surface area contributed by atoms with Crippen molar-refractivity contribution in [3.05, 3.63) is 35.6 Å². The number of rotatable bonds is 4. The first kappa shape index (κ1) is 18.4. The lowest BCUT2D eigenvalue weighted by Gasteiger charge is -2.26. The topological polar surface area (TPSA) is 76.4 Å². The summed E-state index contributed by atoms with van der Waals surface area (Å²) in [4.78, 5) is 14.1. The zero-order valence-corrected chi connectivity index (χ0v) is 15.4. The van der Waals surface area contributed by atoms with Crippen molar-refractivity contribution >= 4 is 5.91 Å². The summed E-state index contributed by atoms with van der Waals surface area (Å²) in [6, 6.07) is 8.41. The Bertz CT molecular complexity index is 731. The number of carbonyl (C=O) groups is 1. The highest BCUT2D eigenvalue weighted by Gasteiger charge is 2.49. The number of nitrogens with zero attached hydrogens (tertiary/aromatic N) is 2. The standard InChI is InChI=1S/C21H26FN3O2/c22-17-5-3-16(4-6-17)21(27)10-14-8-18(9-15(14)11-21)24-13-20(26)25-7-1-2-19(25)12-23/h3-6,14-15,18-19,24,27H,1-2,7-11,13H2/t14-,15+,18?,19-,21?/m0/s1. The third-order valence-corrected chi connectivity index (χ3v) is 6.69. The van der Waals surface area contributed by atoms with Crippen LogP contribution in [0.1, 0.15) is 44.1 Å². The fourth-order valence-corrected chi connectivity index (χ4v) is 5.36. The summed E-state index contributed by atoms with van der Waals surface area (Å²) in [5.41, 5.74) is -0.0612. The number of amides is 1. The lowest BCUT2D eigenvalue weighted by atomic mass is 9.89. The molecule has 2 aliphatic carbocycles. The van der Waals surface area contributed by atoms with E-state index in [4.69, 9.17) is 5.26 Å². The van der Waals surface area contributed by atoms with Crippen LogP contribution in [0.5, 0.6) is 0 Å². The quantitative estimate of drug-likeness (QED) is 0.852. The number of likely N-dealkylation sites (tertiary alicyclic amines) is 1. The Balaban J connectivity index is 1.29. The molecule has 0 bridgehead atoms. The second kappa shape index (κ2) is 7.21. The molecule has 1 heterocycles. The number of carbonyl (C=O) groups excluding carboxylic acids is 1. The molecule has 6 heteroatoms. The smallest absolute Gasteiger partial charge is 0.237 e. The van der Waals surface area contributed by atoms with Gasteiger partial charge in [-0.15, -0.1) is 0 Å². The maximum atomic E-state index is 13.2. The highest BCUT2D eigenvalue weighted by atomic mass is 19.1. The number of nitriles is 1. The van der Waals surface area contributed by atoms with Gasteiger partial charge < -0.3 is 15.3 Å². The monoisotopic (exact) mass is 371 g/mol. The summed E-state index contributed by atoms with van der Waals surface area (Å²) in [5, 5.41) is 23.5. The Hall–Kier alpha value is -1.97. The van der Waals surface area contributed by atoms with Crippen LogP contribution < -0.4 is 5.32 Å². The summed E-state index contributed by atoms with van der Waals surface area (Å²) in [7, 11) is 0. The molecule has 1 aliphatic heterocycles. The Morgan fingerprint density at radius 1 is 1.30 bits per heavy atom. The van der Waals surface area contributed by atoms with Crippen LogP contribution in [-0.4, -0.2) is 41.1 Å². The van der Waals surface area contributed by atoms with Crippen molar-refractivity contribution in [2.75, 3.05) is 13.1 Å². The summed E-state index contributed by atoms with van der Waals surface area (Å²) in [6.45, 7) is 0.962. The van der Waals surface area contributed by atoms with Gasteiger partial charge in [0.15, 0.2) is 0 Å². The van der Waals surface area contributed by atoms with Gasteiger partial charge in [0, 0.05) is 12.6 Å². The Kier molecular flexibility index (Phi) is 4.92. The molecule has 1 saturated heterocycles. The molecule has 1 amide bonds. The van der Waals surface area contributed by atoms with Gasteiger partial charge in [-0.05, 0) is 68.1 Å². The molecule has 2 N–H and O–H groups in total. The average molecular weight is 371 g/mol.